The Balaban J connectivity index is 1.85. The number of anilines is 1. The molecule has 0 spiro atoms. The van der Waals surface area contributed by atoms with Gasteiger partial charge in [-0.3, -0.25) is 4.79 Å². The smallest absolute Gasteiger partial charge is 0.405 e. The summed E-state index contributed by atoms with van der Waals surface area (Å²) in [5.41, 5.74) is 1.46. The third kappa shape index (κ3) is 3.54. The van der Waals surface area contributed by atoms with E-state index in [4.69, 9.17) is 5.11 Å². The molecular weight excluding hydrogens is 338 g/mol. The number of aromatic amines is 1. The van der Waals surface area contributed by atoms with Crippen LogP contribution in [0, 0.1) is 0 Å². The first-order valence-electron chi connectivity index (χ1n) is 7.82. The number of carbonyl (C=O) groups excluding carboxylic acids is 1. The van der Waals surface area contributed by atoms with Crippen LogP contribution >= 0.6 is 0 Å². The maximum atomic E-state index is 12.5. The van der Waals surface area contributed by atoms with Crippen molar-refractivity contribution in [3.63, 3.8) is 0 Å². The van der Waals surface area contributed by atoms with E-state index >= 15 is 0 Å². The molecule has 1 heterocycles. The topological polar surface area (TPSA) is 135 Å². The Bertz CT molecular complexity index is 946. The van der Waals surface area contributed by atoms with E-state index in [1.807, 2.05) is 24.3 Å². The van der Waals surface area contributed by atoms with E-state index in [-0.39, 0.29) is 23.6 Å². The second-order valence-corrected chi connectivity index (χ2v) is 5.73. The summed E-state index contributed by atoms with van der Waals surface area (Å²) in [5.74, 6) is -1.34. The van der Waals surface area contributed by atoms with Gasteiger partial charge in [-0.2, -0.15) is 0 Å². The molecule has 0 saturated heterocycles. The summed E-state index contributed by atoms with van der Waals surface area (Å²) in [5, 5.41) is 34.0. The van der Waals surface area contributed by atoms with Gasteiger partial charge in [0, 0.05) is 23.5 Å². The van der Waals surface area contributed by atoms with E-state index in [2.05, 4.69) is 15.6 Å². The van der Waals surface area contributed by atoms with Gasteiger partial charge in [0.2, 0.25) is 5.91 Å². The van der Waals surface area contributed by atoms with Gasteiger partial charge in [0.25, 0.3) is 0 Å². The van der Waals surface area contributed by atoms with E-state index in [1.165, 1.54) is 18.2 Å². The molecule has 2 amide bonds. The second kappa shape index (κ2) is 7.06. The lowest BCUT2D eigenvalue weighted by molar-refractivity contribution is -0.118. The van der Waals surface area contributed by atoms with Crippen molar-refractivity contribution in [2.24, 2.45) is 0 Å². The molecule has 3 rings (SSSR count). The largest absolute Gasteiger partial charge is 0.506 e. The fourth-order valence-electron chi connectivity index (χ4n) is 2.75. The van der Waals surface area contributed by atoms with Crippen LogP contribution in [0.5, 0.6) is 11.5 Å². The molecule has 0 saturated carbocycles. The number of aromatic hydroxyl groups is 2. The van der Waals surface area contributed by atoms with Gasteiger partial charge in [-0.15, -0.1) is 0 Å². The molecule has 3 aromatic rings. The van der Waals surface area contributed by atoms with Crippen LogP contribution in [-0.2, 0) is 11.2 Å². The number of fused-ring (bicyclic) bond motifs is 1. The van der Waals surface area contributed by atoms with Crippen molar-refractivity contribution < 1.29 is 24.9 Å². The third-order valence-corrected chi connectivity index (χ3v) is 3.98. The number of nitrogens with one attached hydrogen (secondary N) is 3. The lowest BCUT2D eigenvalue weighted by Gasteiger charge is -2.17. The van der Waals surface area contributed by atoms with E-state index in [1.54, 1.807) is 6.20 Å². The Morgan fingerprint density at radius 1 is 1.04 bits per heavy atom. The number of hydrogen-bond acceptors (Lipinski definition) is 4. The fourth-order valence-corrected chi connectivity index (χ4v) is 2.75. The summed E-state index contributed by atoms with van der Waals surface area (Å²) in [6.45, 7) is 0. The van der Waals surface area contributed by atoms with Crippen molar-refractivity contribution >= 4 is 28.6 Å². The van der Waals surface area contributed by atoms with Crippen LogP contribution in [0.2, 0.25) is 0 Å². The highest BCUT2D eigenvalue weighted by molar-refractivity contribution is 5.99. The van der Waals surface area contributed by atoms with Gasteiger partial charge >= 0.3 is 6.09 Å². The van der Waals surface area contributed by atoms with Crippen molar-refractivity contribution in [1.82, 2.24) is 10.3 Å². The maximum Gasteiger partial charge on any atom is 0.405 e. The quantitative estimate of drug-likeness (QED) is 0.391. The number of phenols is 2. The van der Waals surface area contributed by atoms with Crippen LogP contribution in [-0.4, -0.2) is 38.3 Å². The number of rotatable bonds is 5. The summed E-state index contributed by atoms with van der Waals surface area (Å²) in [6.07, 6.45) is 0.453. The van der Waals surface area contributed by atoms with Gasteiger partial charge in [0.1, 0.15) is 23.2 Å². The lowest BCUT2D eigenvalue weighted by Crippen LogP contribution is -2.44. The highest BCUT2D eigenvalue weighted by atomic mass is 16.4. The fraction of sp³-hybridized carbons (Fsp3) is 0.111. The van der Waals surface area contributed by atoms with Crippen LogP contribution < -0.4 is 10.6 Å². The molecule has 0 unspecified atom stereocenters. The van der Waals surface area contributed by atoms with Crippen LogP contribution in [0.15, 0.2) is 48.7 Å². The highest BCUT2D eigenvalue weighted by Gasteiger charge is 2.24. The molecule has 134 valence electrons. The molecule has 0 radical (unpaired) electrons. The first-order chi connectivity index (χ1) is 12.5. The van der Waals surface area contributed by atoms with Gasteiger partial charge in [-0.1, -0.05) is 24.3 Å². The molecule has 0 aliphatic carbocycles. The third-order valence-electron chi connectivity index (χ3n) is 3.98. The van der Waals surface area contributed by atoms with Gasteiger partial charge < -0.3 is 30.9 Å². The zero-order valence-corrected chi connectivity index (χ0v) is 13.6. The number of H-pyrrole nitrogens is 1. The lowest BCUT2D eigenvalue weighted by atomic mass is 10.0. The van der Waals surface area contributed by atoms with Crippen molar-refractivity contribution in [3.8, 4) is 11.5 Å². The van der Waals surface area contributed by atoms with Crippen molar-refractivity contribution in [1.29, 1.82) is 0 Å². The number of benzene rings is 2. The van der Waals surface area contributed by atoms with E-state index in [0.29, 0.717) is 0 Å². The molecule has 8 heteroatoms. The minimum absolute atomic E-state index is 0.0938. The number of para-hydroxylation sites is 2. The Morgan fingerprint density at radius 3 is 2.42 bits per heavy atom. The minimum atomic E-state index is -1.36. The zero-order chi connectivity index (χ0) is 18.7. The number of amides is 2. The molecule has 0 bridgehead atoms. The van der Waals surface area contributed by atoms with Crippen LogP contribution in [0.3, 0.4) is 0 Å². The average molecular weight is 355 g/mol. The minimum Gasteiger partial charge on any atom is -0.506 e. The first kappa shape index (κ1) is 17.2. The standard InChI is InChI=1S/C18H17N3O5/c22-14-6-3-7-15(23)16(14)21-17(24)13(20-18(25)26)8-10-9-19-12-5-2-1-4-11(10)12/h1-7,9,13,19-20,22-23H,8H2,(H,21,24)(H,25,26)/t13-/m0/s1. The van der Waals surface area contributed by atoms with Gasteiger partial charge in [-0.25, -0.2) is 4.79 Å². The number of aromatic nitrogens is 1. The second-order valence-electron chi connectivity index (χ2n) is 5.73. The number of hydrogen-bond donors (Lipinski definition) is 6. The summed E-state index contributed by atoms with van der Waals surface area (Å²) < 4.78 is 0. The van der Waals surface area contributed by atoms with Crippen molar-refractivity contribution in [2.75, 3.05) is 5.32 Å². The van der Waals surface area contributed by atoms with E-state index < -0.39 is 18.0 Å². The van der Waals surface area contributed by atoms with Gasteiger partial charge in [0.15, 0.2) is 0 Å². The number of phenolic OH excluding ortho intramolecular Hbond substituents is 2. The SMILES string of the molecule is O=C(O)N[C@@H](Cc1c[nH]c2ccccc12)C(=O)Nc1c(O)cccc1O. The van der Waals surface area contributed by atoms with Crippen molar-refractivity contribution in [3.05, 3.63) is 54.2 Å². The molecule has 6 N–H and O–H groups in total. The van der Waals surface area contributed by atoms with Gasteiger partial charge in [0.05, 0.1) is 0 Å². The van der Waals surface area contributed by atoms with Crippen LogP contribution in [0.25, 0.3) is 10.9 Å². The number of carbonyl (C=O) groups is 2. The first-order valence-corrected chi connectivity index (χ1v) is 7.82. The Morgan fingerprint density at radius 2 is 1.73 bits per heavy atom. The summed E-state index contributed by atoms with van der Waals surface area (Å²) in [7, 11) is 0. The number of carboxylic acid groups (broad SMARTS) is 1. The predicted octanol–water partition coefficient (Wildman–Crippen LogP) is 2.40. The summed E-state index contributed by atoms with van der Waals surface area (Å²) >= 11 is 0. The molecule has 2 aromatic carbocycles. The monoisotopic (exact) mass is 355 g/mol. The molecule has 26 heavy (non-hydrogen) atoms. The molecular formula is C18H17N3O5. The normalized spacial score (nSPS) is 11.8. The van der Waals surface area contributed by atoms with E-state index in [0.717, 1.165) is 16.5 Å². The summed E-state index contributed by atoms with van der Waals surface area (Å²) in [6, 6.07) is 10.3. The molecule has 0 fully saturated rings. The van der Waals surface area contributed by atoms with E-state index in [9.17, 15) is 19.8 Å². The predicted molar refractivity (Wildman–Crippen MR) is 95.4 cm³/mol. The van der Waals surface area contributed by atoms with Gasteiger partial charge in [-0.05, 0) is 23.8 Å². The average Bonchev–Trinajstić information content (AvgIpc) is 3.00. The van der Waals surface area contributed by atoms with Crippen LogP contribution in [0.4, 0.5) is 10.5 Å². The maximum absolute atomic E-state index is 12.5. The molecule has 1 aromatic heterocycles. The summed E-state index contributed by atoms with van der Waals surface area (Å²) in [4.78, 5) is 26.7. The molecule has 0 aliphatic rings. The molecule has 0 aliphatic heterocycles. The Kier molecular flexibility index (Phi) is 4.66. The Labute approximate surface area is 148 Å². The highest BCUT2D eigenvalue weighted by Crippen LogP contribution is 2.32. The molecule has 1 atom stereocenters. The zero-order valence-electron chi connectivity index (χ0n) is 13.6. The van der Waals surface area contributed by atoms with Crippen LogP contribution in [0.1, 0.15) is 5.56 Å². The Hall–Kier alpha value is -3.68. The molecule has 8 nitrogen and oxygen atoms in total. The van der Waals surface area contributed by atoms with Crippen molar-refractivity contribution in [2.45, 2.75) is 12.5 Å².